The molecule has 0 aliphatic rings. The largest absolute Gasteiger partial charge is 0.392 e. The first-order valence-corrected chi connectivity index (χ1v) is 8.77. The van der Waals surface area contributed by atoms with Crippen LogP contribution in [-0.2, 0) is 16.6 Å². The maximum absolute atomic E-state index is 13.2. The van der Waals surface area contributed by atoms with Crippen molar-refractivity contribution in [1.29, 1.82) is 0 Å². The monoisotopic (exact) mass is 437 g/mol. The van der Waals surface area contributed by atoms with Gasteiger partial charge in [0.1, 0.15) is 10.7 Å². The highest BCUT2D eigenvalue weighted by molar-refractivity contribution is 9.10. The normalized spacial score (nSPS) is 11.4. The highest BCUT2D eigenvalue weighted by Gasteiger charge is 2.18. The van der Waals surface area contributed by atoms with Gasteiger partial charge in [-0.15, -0.1) is 0 Å². The van der Waals surface area contributed by atoms with E-state index in [-0.39, 0.29) is 21.7 Å². The topological polar surface area (TPSA) is 66.4 Å². The van der Waals surface area contributed by atoms with Crippen molar-refractivity contribution in [2.24, 2.45) is 0 Å². The molecule has 0 heterocycles. The van der Waals surface area contributed by atoms with Crippen LogP contribution in [0, 0.1) is 5.82 Å². The molecule has 2 aromatic rings. The molecule has 0 aromatic heterocycles. The highest BCUT2D eigenvalue weighted by atomic mass is 79.9. The van der Waals surface area contributed by atoms with Gasteiger partial charge in [0.05, 0.1) is 16.8 Å². The Labute approximate surface area is 138 Å². The zero-order valence-electron chi connectivity index (χ0n) is 10.5. The van der Waals surface area contributed by atoms with Crippen molar-refractivity contribution >= 4 is 47.6 Å². The van der Waals surface area contributed by atoms with Crippen molar-refractivity contribution in [3.05, 3.63) is 56.7 Å². The smallest absolute Gasteiger partial charge is 0.263 e. The summed E-state index contributed by atoms with van der Waals surface area (Å²) in [6, 6.07) is 8.32. The van der Waals surface area contributed by atoms with E-state index in [2.05, 4.69) is 36.6 Å². The lowest BCUT2D eigenvalue weighted by Crippen LogP contribution is -2.14. The molecule has 4 nitrogen and oxygen atoms in total. The third-order valence-electron chi connectivity index (χ3n) is 2.64. The molecule has 2 N–H and O–H groups in total. The highest BCUT2D eigenvalue weighted by Crippen LogP contribution is 2.27. The van der Waals surface area contributed by atoms with Crippen molar-refractivity contribution in [3.8, 4) is 0 Å². The van der Waals surface area contributed by atoms with Gasteiger partial charge in [-0.1, -0.05) is 6.07 Å². The molecular weight excluding hydrogens is 429 g/mol. The van der Waals surface area contributed by atoms with Gasteiger partial charge < -0.3 is 5.11 Å². The quantitative estimate of drug-likeness (QED) is 0.765. The summed E-state index contributed by atoms with van der Waals surface area (Å²) in [4.78, 5) is -0.00509. The fraction of sp³-hybridized carbons (Fsp3) is 0.0769. The Morgan fingerprint density at radius 3 is 2.43 bits per heavy atom. The van der Waals surface area contributed by atoms with Crippen LogP contribution in [0.25, 0.3) is 0 Å². The summed E-state index contributed by atoms with van der Waals surface area (Å²) in [5.74, 6) is -0.485. The van der Waals surface area contributed by atoms with Gasteiger partial charge in [0, 0.05) is 4.47 Å². The fourth-order valence-corrected chi connectivity index (χ4v) is 4.07. The average molecular weight is 439 g/mol. The van der Waals surface area contributed by atoms with Gasteiger partial charge in [-0.05, 0) is 67.8 Å². The van der Waals surface area contributed by atoms with E-state index in [0.29, 0.717) is 10.0 Å². The van der Waals surface area contributed by atoms with Gasteiger partial charge in [-0.3, -0.25) is 4.72 Å². The van der Waals surface area contributed by atoms with Crippen molar-refractivity contribution in [1.82, 2.24) is 0 Å². The van der Waals surface area contributed by atoms with E-state index in [9.17, 15) is 12.8 Å². The summed E-state index contributed by atoms with van der Waals surface area (Å²) >= 11 is 6.16. The summed E-state index contributed by atoms with van der Waals surface area (Å²) in [6.45, 7) is -0.266. The Morgan fingerprint density at radius 1 is 1.10 bits per heavy atom. The molecule has 0 spiro atoms. The van der Waals surface area contributed by atoms with Crippen LogP contribution in [0.2, 0.25) is 0 Å². The minimum Gasteiger partial charge on any atom is -0.392 e. The number of hydrogen-bond donors (Lipinski definition) is 2. The van der Waals surface area contributed by atoms with Gasteiger partial charge in [-0.25, -0.2) is 12.8 Å². The van der Waals surface area contributed by atoms with Crippen LogP contribution in [0.5, 0.6) is 0 Å². The first-order valence-electron chi connectivity index (χ1n) is 5.70. The molecule has 0 radical (unpaired) electrons. The Hall–Kier alpha value is -0.960. The van der Waals surface area contributed by atoms with E-state index in [0.717, 1.165) is 6.07 Å². The Morgan fingerprint density at radius 2 is 1.81 bits per heavy atom. The fourth-order valence-electron chi connectivity index (χ4n) is 1.62. The lowest BCUT2D eigenvalue weighted by molar-refractivity contribution is 0.281. The number of rotatable bonds is 4. The summed E-state index contributed by atoms with van der Waals surface area (Å²) < 4.78 is 40.8. The predicted octanol–water partition coefficient (Wildman–Crippen LogP) is 3.64. The number of anilines is 1. The van der Waals surface area contributed by atoms with E-state index in [1.165, 1.54) is 18.2 Å². The second-order valence-electron chi connectivity index (χ2n) is 4.16. The van der Waals surface area contributed by atoms with Gasteiger partial charge in [0.25, 0.3) is 10.0 Å². The van der Waals surface area contributed by atoms with Crippen molar-refractivity contribution in [2.45, 2.75) is 11.5 Å². The first-order chi connectivity index (χ1) is 9.83. The molecule has 0 unspecified atom stereocenters. The summed E-state index contributed by atoms with van der Waals surface area (Å²) in [5, 5.41) is 9.10. The lowest BCUT2D eigenvalue weighted by Gasteiger charge is -2.11. The number of halogens is 3. The Balaban J connectivity index is 2.40. The van der Waals surface area contributed by atoms with E-state index in [1.54, 1.807) is 12.1 Å². The molecule has 2 rings (SSSR count). The summed E-state index contributed by atoms with van der Waals surface area (Å²) in [5.41, 5.74) is 0.698. The number of sulfonamides is 1. The van der Waals surface area contributed by atoms with Crippen molar-refractivity contribution in [3.63, 3.8) is 0 Å². The van der Waals surface area contributed by atoms with E-state index in [1.807, 2.05) is 0 Å². The molecule has 0 aliphatic heterocycles. The zero-order chi connectivity index (χ0) is 15.6. The SMILES string of the molecule is O=S(=O)(Nc1ccc(F)c(Br)c1)c1cc(CO)ccc1Br. The van der Waals surface area contributed by atoms with Crippen LogP contribution >= 0.6 is 31.9 Å². The molecule has 0 aliphatic carbocycles. The van der Waals surface area contributed by atoms with E-state index < -0.39 is 15.8 Å². The van der Waals surface area contributed by atoms with Crippen molar-refractivity contribution in [2.75, 3.05) is 4.72 Å². The molecule has 0 amide bonds. The minimum atomic E-state index is -3.86. The molecule has 21 heavy (non-hydrogen) atoms. The number of aliphatic hydroxyl groups excluding tert-OH is 1. The van der Waals surface area contributed by atoms with Gasteiger partial charge in [0.15, 0.2) is 0 Å². The third-order valence-corrected chi connectivity index (χ3v) is 5.62. The van der Waals surface area contributed by atoms with Crippen LogP contribution in [0.3, 0.4) is 0 Å². The van der Waals surface area contributed by atoms with Crippen LogP contribution in [-0.4, -0.2) is 13.5 Å². The molecule has 0 saturated heterocycles. The predicted molar refractivity (Wildman–Crippen MR) is 85.0 cm³/mol. The molecule has 112 valence electrons. The van der Waals surface area contributed by atoms with Gasteiger partial charge >= 0.3 is 0 Å². The van der Waals surface area contributed by atoms with Crippen molar-refractivity contribution < 1.29 is 17.9 Å². The number of benzene rings is 2. The number of hydrogen-bond acceptors (Lipinski definition) is 3. The maximum Gasteiger partial charge on any atom is 0.263 e. The molecular formula is C13H10Br2FNO3S. The average Bonchev–Trinajstić information content (AvgIpc) is 2.43. The molecule has 0 atom stereocenters. The van der Waals surface area contributed by atoms with E-state index in [4.69, 9.17) is 5.11 Å². The molecule has 0 bridgehead atoms. The molecule has 8 heteroatoms. The molecule has 0 fully saturated rings. The zero-order valence-corrected chi connectivity index (χ0v) is 14.5. The number of nitrogens with one attached hydrogen (secondary N) is 1. The standard InChI is InChI=1S/C13H10Br2FNO3S/c14-10-3-1-8(7-18)5-13(10)21(19,20)17-9-2-4-12(16)11(15)6-9/h1-6,17-18H,7H2. The van der Waals surface area contributed by atoms with Crippen LogP contribution in [0.4, 0.5) is 10.1 Å². The van der Waals surface area contributed by atoms with Gasteiger partial charge in [-0.2, -0.15) is 0 Å². The van der Waals surface area contributed by atoms with E-state index >= 15 is 0 Å². The first kappa shape index (κ1) is 16.4. The molecule has 0 saturated carbocycles. The second-order valence-corrected chi connectivity index (χ2v) is 7.52. The second kappa shape index (κ2) is 6.43. The van der Waals surface area contributed by atoms with Crippen LogP contribution in [0.15, 0.2) is 50.2 Å². The third kappa shape index (κ3) is 3.82. The Kier molecular flexibility index (Phi) is 5.03. The Bertz CT molecular complexity index is 781. The maximum atomic E-state index is 13.2. The van der Waals surface area contributed by atoms with Crippen LogP contribution < -0.4 is 4.72 Å². The number of aliphatic hydroxyl groups is 1. The minimum absolute atomic E-state index is 0.00509. The summed E-state index contributed by atoms with van der Waals surface area (Å²) in [7, 11) is -3.86. The van der Waals surface area contributed by atoms with Gasteiger partial charge in [0.2, 0.25) is 0 Å². The molecule has 2 aromatic carbocycles. The summed E-state index contributed by atoms with van der Waals surface area (Å²) in [6.07, 6.45) is 0. The lowest BCUT2D eigenvalue weighted by atomic mass is 10.2. The van der Waals surface area contributed by atoms with Crippen LogP contribution in [0.1, 0.15) is 5.56 Å².